The Hall–Kier alpha value is -0.0400. The molecule has 0 aromatic carbocycles. The van der Waals surface area contributed by atoms with E-state index in [-0.39, 0.29) is 0 Å². The second kappa shape index (κ2) is 8.55. The van der Waals surface area contributed by atoms with E-state index in [1.807, 2.05) is 0 Å². The average molecular weight is 185 g/mol. The second-order valence-electron chi connectivity index (χ2n) is 4.28. The van der Waals surface area contributed by atoms with Gasteiger partial charge in [0.1, 0.15) is 0 Å². The first kappa shape index (κ1) is 13.0. The van der Waals surface area contributed by atoms with Gasteiger partial charge in [-0.3, -0.25) is 0 Å². The molecule has 1 nitrogen and oxygen atoms in total. The molecule has 0 radical (unpaired) electrons. The summed E-state index contributed by atoms with van der Waals surface area (Å²) in [6.45, 7) is 6.77. The van der Waals surface area contributed by atoms with E-state index in [1.54, 1.807) is 0 Å². The molecule has 0 aliphatic rings. The van der Waals surface area contributed by atoms with Gasteiger partial charge in [-0.15, -0.1) is 0 Å². The molecule has 0 rings (SSSR count). The van der Waals surface area contributed by atoms with Crippen molar-refractivity contribution in [3.05, 3.63) is 0 Å². The van der Waals surface area contributed by atoms with Crippen LogP contribution in [0.5, 0.6) is 0 Å². The molecule has 0 bridgehead atoms. The highest BCUT2D eigenvalue weighted by atomic mass is 14.6. The van der Waals surface area contributed by atoms with E-state index in [1.165, 1.54) is 44.9 Å². The minimum atomic E-state index is 0.437. The Kier molecular flexibility index (Phi) is 8.53. The maximum Gasteiger partial charge on any atom is 0.00644 e. The number of nitrogens with two attached hydrogens (primary N) is 1. The molecule has 0 saturated heterocycles. The molecule has 0 aromatic rings. The quantitative estimate of drug-likeness (QED) is 0.573. The first-order chi connectivity index (χ1) is 6.22. The molecule has 0 aromatic heterocycles. The molecule has 2 atom stereocenters. The molecule has 2 unspecified atom stereocenters. The Morgan fingerprint density at radius 2 is 1.62 bits per heavy atom. The van der Waals surface area contributed by atoms with Crippen molar-refractivity contribution in [1.29, 1.82) is 0 Å². The fraction of sp³-hybridized carbons (Fsp3) is 1.00. The summed E-state index contributed by atoms with van der Waals surface area (Å²) in [7, 11) is 0. The van der Waals surface area contributed by atoms with Gasteiger partial charge in [0, 0.05) is 6.04 Å². The Morgan fingerprint density at radius 1 is 0.923 bits per heavy atom. The fourth-order valence-corrected chi connectivity index (χ4v) is 1.73. The van der Waals surface area contributed by atoms with Gasteiger partial charge in [-0.25, -0.2) is 0 Å². The number of hydrogen-bond acceptors (Lipinski definition) is 1. The van der Waals surface area contributed by atoms with Crippen LogP contribution in [0, 0.1) is 5.92 Å². The van der Waals surface area contributed by atoms with Gasteiger partial charge in [0.15, 0.2) is 0 Å². The van der Waals surface area contributed by atoms with Crippen LogP contribution in [-0.2, 0) is 0 Å². The van der Waals surface area contributed by atoms with E-state index in [0.717, 1.165) is 5.92 Å². The number of rotatable bonds is 8. The lowest BCUT2D eigenvalue weighted by Crippen LogP contribution is -2.27. The van der Waals surface area contributed by atoms with Crippen molar-refractivity contribution in [2.45, 2.75) is 71.8 Å². The van der Waals surface area contributed by atoms with Crippen LogP contribution in [0.25, 0.3) is 0 Å². The fourth-order valence-electron chi connectivity index (χ4n) is 1.73. The van der Waals surface area contributed by atoms with Crippen LogP contribution in [0.3, 0.4) is 0 Å². The van der Waals surface area contributed by atoms with E-state index < -0.39 is 0 Å². The van der Waals surface area contributed by atoms with Crippen LogP contribution >= 0.6 is 0 Å². The van der Waals surface area contributed by atoms with Crippen LogP contribution in [0.4, 0.5) is 0 Å². The Morgan fingerprint density at radius 3 is 2.15 bits per heavy atom. The third-order valence-corrected chi connectivity index (χ3v) is 2.87. The Bertz CT molecular complexity index is 101. The lowest BCUT2D eigenvalue weighted by Gasteiger charge is -2.18. The summed E-state index contributed by atoms with van der Waals surface area (Å²) in [5.41, 5.74) is 6.04. The van der Waals surface area contributed by atoms with E-state index in [9.17, 15) is 0 Å². The third kappa shape index (κ3) is 7.06. The smallest absolute Gasteiger partial charge is 0.00644 e. The van der Waals surface area contributed by atoms with Crippen molar-refractivity contribution in [3.8, 4) is 0 Å². The predicted octanol–water partition coefficient (Wildman–Crippen LogP) is 3.72. The largest absolute Gasteiger partial charge is 0.327 e. The molecule has 0 amide bonds. The van der Waals surface area contributed by atoms with E-state index in [2.05, 4.69) is 20.8 Å². The molecule has 13 heavy (non-hydrogen) atoms. The average Bonchev–Trinajstić information content (AvgIpc) is 2.12. The Balaban J connectivity index is 3.32. The van der Waals surface area contributed by atoms with Crippen LogP contribution in [0.15, 0.2) is 0 Å². The van der Waals surface area contributed by atoms with Crippen molar-refractivity contribution in [2.75, 3.05) is 0 Å². The highest BCUT2D eigenvalue weighted by Gasteiger charge is 2.10. The van der Waals surface area contributed by atoms with Crippen molar-refractivity contribution < 1.29 is 0 Å². The lowest BCUT2D eigenvalue weighted by molar-refractivity contribution is 0.387. The zero-order chi connectivity index (χ0) is 10.1. The van der Waals surface area contributed by atoms with E-state index in [0.29, 0.717) is 6.04 Å². The molecular formula is C12H27N. The molecule has 0 heterocycles. The second-order valence-corrected chi connectivity index (χ2v) is 4.28. The van der Waals surface area contributed by atoms with Gasteiger partial charge in [0.2, 0.25) is 0 Å². The van der Waals surface area contributed by atoms with E-state index >= 15 is 0 Å². The molecule has 0 fully saturated rings. The summed E-state index contributed by atoms with van der Waals surface area (Å²) in [6, 6.07) is 0.437. The van der Waals surface area contributed by atoms with Gasteiger partial charge in [-0.2, -0.15) is 0 Å². The minimum absolute atomic E-state index is 0.437. The van der Waals surface area contributed by atoms with E-state index in [4.69, 9.17) is 5.73 Å². The summed E-state index contributed by atoms with van der Waals surface area (Å²) in [5, 5.41) is 0. The third-order valence-electron chi connectivity index (χ3n) is 2.87. The summed E-state index contributed by atoms with van der Waals surface area (Å²) >= 11 is 0. The minimum Gasteiger partial charge on any atom is -0.327 e. The number of unbranched alkanes of at least 4 members (excludes halogenated alkanes) is 3. The molecular weight excluding hydrogens is 158 g/mol. The van der Waals surface area contributed by atoms with Crippen LogP contribution < -0.4 is 5.73 Å². The van der Waals surface area contributed by atoms with Gasteiger partial charge in [-0.1, -0.05) is 52.9 Å². The first-order valence-electron chi connectivity index (χ1n) is 5.97. The molecule has 0 saturated carbocycles. The van der Waals surface area contributed by atoms with Gasteiger partial charge in [0.05, 0.1) is 0 Å². The van der Waals surface area contributed by atoms with Gasteiger partial charge in [0.25, 0.3) is 0 Å². The normalized spacial score (nSPS) is 15.7. The maximum atomic E-state index is 6.04. The zero-order valence-electron chi connectivity index (χ0n) is 9.68. The van der Waals surface area contributed by atoms with Crippen LogP contribution in [-0.4, -0.2) is 6.04 Å². The van der Waals surface area contributed by atoms with Gasteiger partial charge >= 0.3 is 0 Å². The molecule has 0 aliphatic carbocycles. The molecule has 0 spiro atoms. The van der Waals surface area contributed by atoms with Crippen molar-refractivity contribution in [3.63, 3.8) is 0 Å². The monoisotopic (exact) mass is 185 g/mol. The Labute approximate surface area is 84.1 Å². The van der Waals surface area contributed by atoms with Gasteiger partial charge < -0.3 is 5.73 Å². The summed E-state index contributed by atoms with van der Waals surface area (Å²) in [6.07, 6.45) is 9.20. The van der Waals surface area contributed by atoms with Crippen molar-refractivity contribution in [2.24, 2.45) is 11.7 Å². The summed E-state index contributed by atoms with van der Waals surface area (Å²) < 4.78 is 0. The van der Waals surface area contributed by atoms with Gasteiger partial charge in [-0.05, 0) is 18.8 Å². The van der Waals surface area contributed by atoms with Crippen LogP contribution in [0.1, 0.15) is 65.7 Å². The predicted molar refractivity (Wildman–Crippen MR) is 60.8 cm³/mol. The van der Waals surface area contributed by atoms with Crippen molar-refractivity contribution in [1.82, 2.24) is 0 Å². The summed E-state index contributed by atoms with van der Waals surface area (Å²) in [4.78, 5) is 0. The van der Waals surface area contributed by atoms with Crippen LogP contribution in [0.2, 0.25) is 0 Å². The first-order valence-corrected chi connectivity index (χ1v) is 5.97. The SMILES string of the molecule is CCCCCCC(C)C(N)CCC. The lowest BCUT2D eigenvalue weighted by atomic mass is 9.93. The van der Waals surface area contributed by atoms with Crippen molar-refractivity contribution >= 4 is 0 Å². The summed E-state index contributed by atoms with van der Waals surface area (Å²) in [5.74, 6) is 0.719. The standard InChI is InChI=1S/C12H27N/c1-4-6-7-8-10-11(3)12(13)9-5-2/h11-12H,4-10,13H2,1-3H3. The highest BCUT2D eigenvalue weighted by molar-refractivity contribution is 4.68. The number of hydrogen-bond donors (Lipinski definition) is 1. The molecule has 80 valence electrons. The molecule has 2 N–H and O–H groups in total. The maximum absolute atomic E-state index is 6.04. The molecule has 0 aliphatic heterocycles. The topological polar surface area (TPSA) is 26.0 Å². The highest BCUT2D eigenvalue weighted by Crippen LogP contribution is 2.15. The molecule has 1 heteroatoms. The zero-order valence-corrected chi connectivity index (χ0v) is 9.68.